The van der Waals surface area contributed by atoms with Crippen LogP contribution in [0, 0.1) is 0 Å². The average molecular weight is 546 g/mol. The van der Waals surface area contributed by atoms with E-state index in [1.165, 1.54) is 38.9 Å². The molecule has 0 unspecified atom stereocenters. The van der Waals surface area contributed by atoms with E-state index < -0.39 is 35.1 Å². The summed E-state index contributed by atoms with van der Waals surface area (Å²) in [6.45, 7) is 16.1. The number of amides is 3. The van der Waals surface area contributed by atoms with E-state index >= 15 is 0 Å². The molecule has 0 bridgehead atoms. The molecule has 0 aliphatic carbocycles. The maximum atomic E-state index is 12.7. The topological polar surface area (TPSA) is 137 Å². The molecule has 0 aromatic carbocycles. The van der Waals surface area contributed by atoms with Gasteiger partial charge < -0.3 is 19.9 Å². The summed E-state index contributed by atoms with van der Waals surface area (Å²) in [7, 11) is 2.91. The quantitative estimate of drug-likeness (QED) is 0.257. The molecule has 2 N–H and O–H groups in total. The molecule has 1 aromatic rings. The fraction of sp³-hybridized carbons (Fsp3) is 0.696. The second kappa shape index (κ2) is 13.2. The number of carbonyl (C=O) groups excluding carboxylic acids is 3. The first kappa shape index (κ1) is 31.6. The van der Waals surface area contributed by atoms with Crippen molar-refractivity contribution in [2.45, 2.75) is 79.1 Å². The molecular formula is C23H39N5O6S2. The van der Waals surface area contributed by atoms with Crippen LogP contribution in [0.2, 0.25) is 0 Å². The molecule has 0 saturated heterocycles. The number of nitrogens with two attached hydrogens (primary N) is 1. The monoisotopic (exact) mass is 545 g/mol. The lowest BCUT2D eigenvalue weighted by Crippen LogP contribution is -2.44. The van der Waals surface area contributed by atoms with Crippen molar-refractivity contribution in [3.05, 3.63) is 12.4 Å². The van der Waals surface area contributed by atoms with Gasteiger partial charge in [-0.25, -0.2) is 29.3 Å². The summed E-state index contributed by atoms with van der Waals surface area (Å²) in [6, 6.07) is 1.50. The number of rotatable bonds is 8. The van der Waals surface area contributed by atoms with E-state index in [0.717, 1.165) is 4.90 Å². The summed E-state index contributed by atoms with van der Waals surface area (Å²) in [5.74, 6) is 1.52. The van der Waals surface area contributed by atoms with Gasteiger partial charge >= 0.3 is 18.3 Å². The SMILES string of the molecule is CC(C)(C)OC(=O)N(CCSSCCN(C(=O)OC(C)(C)C)c1cc(N)ncn1)C(=O)OC(C)(C)C. The molecule has 0 radical (unpaired) electrons. The van der Waals surface area contributed by atoms with Crippen molar-refractivity contribution in [3.8, 4) is 0 Å². The van der Waals surface area contributed by atoms with E-state index in [-0.39, 0.29) is 12.4 Å². The average Bonchev–Trinajstić information content (AvgIpc) is 2.65. The van der Waals surface area contributed by atoms with Gasteiger partial charge in [-0.3, -0.25) is 4.90 Å². The summed E-state index contributed by atoms with van der Waals surface area (Å²) in [5, 5.41) is 0. The number of carbonyl (C=O) groups is 3. The van der Waals surface area contributed by atoms with Crippen molar-refractivity contribution < 1.29 is 28.6 Å². The molecule has 0 spiro atoms. The van der Waals surface area contributed by atoms with E-state index in [1.807, 2.05) is 0 Å². The summed E-state index contributed by atoms with van der Waals surface area (Å²) >= 11 is 0. The van der Waals surface area contributed by atoms with Crippen LogP contribution >= 0.6 is 21.6 Å². The van der Waals surface area contributed by atoms with Crippen LogP contribution in [-0.2, 0) is 14.2 Å². The highest BCUT2D eigenvalue weighted by atomic mass is 33.1. The Kier molecular flexibility index (Phi) is 11.6. The molecule has 0 aliphatic rings. The third kappa shape index (κ3) is 13.1. The van der Waals surface area contributed by atoms with Gasteiger partial charge in [-0.2, -0.15) is 0 Å². The van der Waals surface area contributed by atoms with Crippen molar-refractivity contribution in [3.63, 3.8) is 0 Å². The van der Waals surface area contributed by atoms with Gasteiger partial charge in [0.25, 0.3) is 0 Å². The molecule has 1 aromatic heterocycles. The summed E-state index contributed by atoms with van der Waals surface area (Å²) in [5.41, 5.74) is 3.56. The Labute approximate surface area is 221 Å². The Balaban J connectivity index is 2.72. The van der Waals surface area contributed by atoms with Crippen molar-refractivity contribution >= 4 is 51.5 Å². The van der Waals surface area contributed by atoms with Gasteiger partial charge in [-0.1, -0.05) is 21.6 Å². The summed E-state index contributed by atoms with van der Waals surface area (Å²) in [6.07, 6.45) is -0.793. The highest BCUT2D eigenvalue weighted by molar-refractivity contribution is 8.76. The molecule has 1 heterocycles. The molecule has 0 saturated carbocycles. The predicted octanol–water partition coefficient (Wildman–Crippen LogP) is 5.35. The van der Waals surface area contributed by atoms with Gasteiger partial charge in [-0.05, 0) is 62.3 Å². The molecular weight excluding hydrogens is 506 g/mol. The number of hydrogen-bond acceptors (Lipinski definition) is 11. The minimum absolute atomic E-state index is 0.0969. The van der Waals surface area contributed by atoms with Gasteiger partial charge in [-0.15, -0.1) is 0 Å². The number of ether oxygens (including phenoxy) is 3. The maximum Gasteiger partial charge on any atom is 0.419 e. The number of hydrogen-bond donors (Lipinski definition) is 1. The minimum Gasteiger partial charge on any atom is -0.443 e. The second-order valence-corrected chi connectivity index (χ2v) is 13.4. The van der Waals surface area contributed by atoms with Gasteiger partial charge in [0.1, 0.15) is 34.8 Å². The van der Waals surface area contributed by atoms with Crippen molar-refractivity contribution in [2.75, 3.05) is 35.2 Å². The number of nitrogen functional groups attached to an aromatic ring is 1. The molecule has 0 fully saturated rings. The van der Waals surface area contributed by atoms with Crippen LogP contribution in [0.1, 0.15) is 62.3 Å². The van der Waals surface area contributed by atoms with Crippen molar-refractivity contribution in [2.24, 2.45) is 0 Å². The predicted molar refractivity (Wildman–Crippen MR) is 144 cm³/mol. The Morgan fingerprint density at radius 3 is 1.67 bits per heavy atom. The molecule has 11 nitrogen and oxygen atoms in total. The maximum absolute atomic E-state index is 12.7. The first-order chi connectivity index (χ1) is 16.4. The van der Waals surface area contributed by atoms with E-state index in [0.29, 0.717) is 23.9 Å². The standard InChI is InChI=1S/C23H39N5O6S2/c1-21(2,3)32-18(29)27(17-14-16(24)25-15-26-17)10-12-35-36-13-11-28(19(30)33-22(4,5)6)20(31)34-23(7,8)9/h14-15H,10-13H2,1-9H3,(H2,24,25,26). The van der Waals surface area contributed by atoms with Crippen LogP contribution in [0.15, 0.2) is 12.4 Å². The van der Waals surface area contributed by atoms with Crippen LogP contribution in [-0.4, -0.2) is 74.5 Å². The van der Waals surface area contributed by atoms with Crippen molar-refractivity contribution in [1.82, 2.24) is 14.9 Å². The third-order valence-corrected chi connectivity index (χ3v) is 6.04. The van der Waals surface area contributed by atoms with E-state index in [2.05, 4.69) is 9.97 Å². The minimum atomic E-state index is -0.764. The van der Waals surface area contributed by atoms with E-state index in [1.54, 1.807) is 62.3 Å². The highest BCUT2D eigenvalue weighted by Gasteiger charge is 2.31. The smallest absolute Gasteiger partial charge is 0.419 e. The lowest BCUT2D eigenvalue weighted by Gasteiger charge is -2.28. The molecule has 3 amide bonds. The molecule has 204 valence electrons. The van der Waals surface area contributed by atoms with Crippen LogP contribution in [0.4, 0.5) is 26.0 Å². The number of aromatic nitrogens is 2. The Morgan fingerprint density at radius 1 is 0.778 bits per heavy atom. The van der Waals surface area contributed by atoms with E-state index in [9.17, 15) is 14.4 Å². The summed E-state index contributed by atoms with van der Waals surface area (Å²) in [4.78, 5) is 48.2. The number of anilines is 2. The van der Waals surface area contributed by atoms with Crippen LogP contribution in [0.25, 0.3) is 0 Å². The van der Waals surface area contributed by atoms with Crippen molar-refractivity contribution in [1.29, 1.82) is 0 Å². The lowest BCUT2D eigenvalue weighted by atomic mass is 10.2. The summed E-state index contributed by atoms with van der Waals surface area (Å²) < 4.78 is 16.2. The normalized spacial score (nSPS) is 12.0. The second-order valence-electron chi connectivity index (χ2n) is 10.7. The fourth-order valence-corrected chi connectivity index (χ4v) is 4.30. The molecule has 1 rings (SSSR count). The molecule has 13 heteroatoms. The zero-order valence-electron chi connectivity index (χ0n) is 22.6. The Bertz CT molecular complexity index is 868. The zero-order valence-corrected chi connectivity index (χ0v) is 24.2. The number of imide groups is 1. The van der Waals surface area contributed by atoms with Gasteiger partial charge in [0.15, 0.2) is 0 Å². The molecule has 36 heavy (non-hydrogen) atoms. The lowest BCUT2D eigenvalue weighted by molar-refractivity contribution is 0.00271. The van der Waals surface area contributed by atoms with Gasteiger partial charge in [0.05, 0.1) is 0 Å². The zero-order chi connectivity index (χ0) is 27.7. The van der Waals surface area contributed by atoms with Gasteiger partial charge in [0, 0.05) is 30.7 Å². The molecule has 0 aliphatic heterocycles. The fourth-order valence-electron chi connectivity index (χ4n) is 2.39. The largest absolute Gasteiger partial charge is 0.443 e. The van der Waals surface area contributed by atoms with Crippen LogP contribution < -0.4 is 10.6 Å². The van der Waals surface area contributed by atoms with Gasteiger partial charge in [0.2, 0.25) is 0 Å². The molecule has 0 atom stereocenters. The van der Waals surface area contributed by atoms with Crippen LogP contribution in [0.3, 0.4) is 0 Å². The van der Waals surface area contributed by atoms with E-state index in [4.69, 9.17) is 19.9 Å². The first-order valence-electron chi connectivity index (χ1n) is 11.4. The highest BCUT2D eigenvalue weighted by Crippen LogP contribution is 2.24. The number of nitrogens with zero attached hydrogens (tertiary/aromatic N) is 4. The Morgan fingerprint density at radius 2 is 1.22 bits per heavy atom. The first-order valence-corrected chi connectivity index (χ1v) is 13.9. The third-order valence-electron chi connectivity index (χ3n) is 3.67. The van der Waals surface area contributed by atoms with Crippen LogP contribution in [0.5, 0.6) is 0 Å². The Hall–Kier alpha value is -2.41.